The third-order valence-corrected chi connectivity index (χ3v) is 6.34. The van der Waals surface area contributed by atoms with Gasteiger partial charge in [0, 0.05) is 16.1 Å². The van der Waals surface area contributed by atoms with Crippen molar-refractivity contribution in [3.63, 3.8) is 0 Å². The zero-order valence-corrected chi connectivity index (χ0v) is 19.5. The van der Waals surface area contributed by atoms with Crippen LogP contribution in [0.5, 0.6) is 5.75 Å². The van der Waals surface area contributed by atoms with E-state index in [0.717, 1.165) is 15.5 Å². The van der Waals surface area contributed by atoms with E-state index in [1.165, 1.54) is 18.4 Å². The lowest BCUT2D eigenvalue weighted by Crippen LogP contribution is -2.32. The van der Waals surface area contributed by atoms with Crippen molar-refractivity contribution in [2.45, 2.75) is 13.8 Å². The molecule has 0 saturated carbocycles. The minimum absolute atomic E-state index is 0.0683. The highest BCUT2D eigenvalue weighted by atomic mass is 35.5. The van der Waals surface area contributed by atoms with Gasteiger partial charge in [-0.15, -0.1) is 11.3 Å². The zero-order chi connectivity index (χ0) is 23.7. The van der Waals surface area contributed by atoms with E-state index in [0.29, 0.717) is 27.8 Å². The third-order valence-electron chi connectivity index (χ3n) is 5.00. The van der Waals surface area contributed by atoms with Gasteiger partial charge >= 0.3 is 0 Å². The molecule has 10 heteroatoms. The van der Waals surface area contributed by atoms with Gasteiger partial charge in [-0.3, -0.25) is 19.7 Å². The van der Waals surface area contributed by atoms with Gasteiger partial charge in [0.2, 0.25) is 0 Å². The molecule has 4 rings (SSSR count). The Kier molecular flexibility index (Phi) is 6.17. The molecule has 1 aliphatic heterocycles. The Morgan fingerprint density at radius 2 is 1.82 bits per heavy atom. The van der Waals surface area contributed by atoms with Gasteiger partial charge in [-0.05, 0) is 56.3 Å². The van der Waals surface area contributed by atoms with Crippen molar-refractivity contribution in [2.24, 2.45) is 0 Å². The molecule has 8 nitrogen and oxygen atoms in total. The maximum absolute atomic E-state index is 13.0. The first-order chi connectivity index (χ1) is 15.8. The van der Waals surface area contributed by atoms with Crippen molar-refractivity contribution in [2.75, 3.05) is 22.6 Å². The number of imide groups is 1. The molecule has 2 aromatic carbocycles. The Bertz CT molecular complexity index is 1280. The standard InChI is InChI=1S/C23H19ClN4O4S/c1-12-13(2)33-23(25-12)27-20(29)14-5-4-6-15(11-14)26-19-18(24)21(30)28(22(19)31)16-7-9-17(32-3)10-8-16/h4-11,26H,1-3H3,(H,25,27,29). The topological polar surface area (TPSA) is 101 Å². The summed E-state index contributed by atoms with van der Waals surface area (Å²) in [5.41, 5.74) is 1.94. The van der Waals surface area contributed by atoms with Crippen LogP contribution in [0.25, 0.3) is 0 Å². The first-order valence-corrected chi connectivity index (χ1v) is 11.0. The number of methoxy groups -OCH3 is 1. The Labute approximate surface area is 198 Å². The summed E-state index contributed by atoms with van der Waals surface area (Å²) in [5.74, 6) is -0.994. The Hall–Kier alpha value is -3.69. The molecule has 0 bridgehead atoms. The highest BCUT2D eigenvalue weighted by Gasteiger charge is 2.39. The molecule has 0 atom stereocenters. The fourth-order valence-corrected chi connectivity index (χ4v) is 4.18. The second-order valence-corrected chi connectivity index (χ2v) is 8.73. The monoisotopic (exact) mass is 482 g/mol. The number of amides is 3. The molecule has 3 amide bonds. The van der Waals surface area contributed by atoms with E-state index >= 15 is 0 Å². The minimum Gasteiger partial charge on any atom is -0.497 e. The van der Waals surface area contributed by atoms with Crippen molar-refractivity contribution in [1.29, 1.82) is 0 Å². The average Bonchev–Trinajstić information content (AvgIpc) is 3.23. The van der Waals surface area contributed by atoms with Crippen LogP contribution in [0.1, 0.15) is 20.9 Å². The van der Waals surface area contributed by atoms with Gasteiger partial charge in [-0.25, -0.2) is 9.88 Å². The summed E-state index contributed by atoms with van der Waals surface area (Å²) >= 11 is 7.59. The molecular weight excluding hydrogens is 464 g/mol. The van der Waals surface area contributed by atoms with Crippen LogP contribution in [0.3, 0.4) is 0 Å². The predicted molar refractivity (Wildman–Crippen MR) is 128 cm³/mol. The lowest BCUT2D eigenvalue weighted by Gasteiger charge is -2.15. The van der Waals surface area contributed by atoms with E-state index in [4.69, 9.17) is 16.3 Å². The molecule has 0 spiro atoms. The van der Waals surface area contributed by atoms with Gasteiger partial charge in [0.15, 0.2) is 5.13 Å². The molecule has 0 fully saturated rings. The van der Waals surface area contributed by atoms with Crippen LogP contribution in [-0.4, -0.2) is 29.8 Å². The molecule has 3 aromatic rings. The van der Waals surface area contributed by atoms with Gasteiger partial charge < -0.3 is 10.1 Å². The van der Waals surface area contributed by atoms with E-state index in [9.17, 15) is 14.4 Å². The van der Waals surface area contributed by atoms with Gasteiger partial charge in [0.1, 0.15) is 16.5 Å². The van der Waals surface area contributed by atoms with E-state index in [1.54, 1.807) is 48.5 Å². The van der Waals surface area contributed by atoms with Crippen molar-refractivity contribution in [3.05, 3.63) is 75.4 Å². The number of thiazole rings is 1. The number of aryl methyl sites for hydroxylation is 2. The fourth-order valence-electron chi connectivity index (χ4n) is 3.16. The van der Waals surface area contributed by atoms with Crippen molar-refractivity contribution < 1.29 is 19.1 Å². The third kappa shape index (κ3) is 4.46. The summed E-state index contributed by atoms with van der Waals surface area (Å²) in [6, 6.07) is 13.0. The van der Waals surface area contributed by atoms with E-state index in [-0.39, 0.29) is 16.6 Å². The minimum atomic E-state index is -0.641. The van der Waals surface area contributed by atoms with Crippen LogP contribution in [0.4, 0.5) is 16.5 Å². The zero-order valence-electron chi connectivity index (χ0n) is 17.9. The Morgan fingerprint density at radius 3 is 2.45 bits per heavy atom. The molecule has 0 saturated heterocycles. The maximum atomic E-state index is 13.0. The summed E-state index contributed by atoms with van der Waals surface area (Å²) < 4.78 is 5.11. The van der Waals surface area contributed by atoms with Gasteiger partial charge in [-0.1, -0.05) is 17.7 Å². The highest BCUT2D eigenvalue weighted by molar-refractivity contribution is 7.15. The molecule has 1 aliphatic rings. The number of ether oxygens (including phenoxy) is 1. The first-order valence-electron chi connectivity index (χ1n) is 9.83. The second-order valence-electron chi connectivity index (χ2n) is 7.15. The predicted octanol–water partition coefficient (Wildman–Crippen LogP) is 4.46. The summed E-state index contributed by atoms with van der Waals surface area (Å²) in [7, 11) is 1.52. The number of rotatable bonds is 6. The lowest BCUT2D eigenvalue weighted by molar-refractivity contribution is -0.120. The van der Waals surface area contributed by atoms with Crippen LogP contribution in [0.15, 0.2) is 59.3 Å². The van der Waals surface area contributed by atoms with Crippen LogP contribution in [-0.2, 0) is 9.59 Å². The number of halogens is 1. The molecule has 1 aromatic heterocycles. The van der Waals surface area contributed by atoms with E-state index in [1.807, 2.05) is 13.8 Å². The molecule has 33 heavy (non-hydrogen) atoms. The van der Waals surface area contributed by atoms with Crippen LogP contribution in [0, 0.1) is 13.8 Å². The summed E-state index contributed by atoms with van der Waals surface area (Å²) in [6.45, 7) is 3.80. The Morgan fingerprint density at radius 1 is 1.09 bits per heavy atom. The van der Waals surface area contributed by atoms with Crippen molar-refractivity contribution >= 4 is 57.2 Å². The molecule has 2 N–H and O–H groups in total. The first kappa shape index (κ1) is 22.5. The average molecular weight is 483 g/mol. The Balaban J connectivity index is 1.53. The van der Waals surface area contributed by atoms with Crippen molar-refractivity contribution in [3.8, 4) is 5.75 Å². The number of carbonyl (C=O) groups is 3. The normalized spacial score (nSPS) is 13.5. The number of aromatic nitrogens is 1. The maximum Gasteiger partial charge on any atom is 0.283 e. The van der Waals surface area contributed by atoms with Crippen LogP contribution < -0.4 is 20.3 Å². The number of nitrogens with zero attached hydrogens (tertiary/aromatic N) is 2. The fraction of sp³-hybridized carbons (Fsp3) is 0.130. The van der Waals surface area contributed by atoms with Gasteiger partial charge in [0.05, 0.1) is 18.5 Å². The summed E-state index contributed by atoms with van der Waals surface area (Å²) in [4.78, 5) is 44.6. The lowest BCUT2D eigenvalue weighted by atomic mass is 10.2. The molecule has 0 unspecified atom stereocenters. The van der Waals surface area contributed by atoms with Crippen molar-refractivity contribution in [1.82, 2.24) is 4.98 Å². The number of hydrogen-bond acceptors (Lipinski definition) is 7. The number of hydrogen-bond donors (Lipinski definition) is 2. The molecule has 168 valence electrons. The smallest absolute Gasteiger partial charge is 0.283 e. The number of benzene rings is 2. The van der Waals surface area contributed by atoms with Crippen LogP contribution >= 0.6 is 22.9 Å². The molecule has 0 radical (unpaired) electrons. The summed E-state index contributed by atoms with van der Waals surface area (Å²) in [5, 5.41) is 5.92. The van der Waals surface area contributed by atoms with E-state index < -0.39 is 11.8 Å². The van der Waals surface area contributed by atoms with Crippen LogP contribution in [0.2, 0.25) is 0 Å². The highest BCUT2D eigenvalue weighted by Crippen LogP contribution is 2.31. The molecule has 2 heterocycles. The molecule has 0 aliphatic carbocycles. The van der Waals surface area contributed by atoms with E-state index in [2.05, 4.69) is 15.6 Å². The number of nitrogens with one attached hydrogen (secondary N) is 2. The van der Waals surface area contributed by atoms with Gasteiger partial charge in [-0.2, -0.15) is 0 Å². The quantitative estimate of drug-likeness (QED) is 0.503. The largest absolute Gasteiger partial charge is 0.497 e. The molecular formula is C23H19ClN4O4S. The van der Waals surface area contributed by atoms with Gasteiger partial charge in [0.25, 0.3) is 17.7 Å². The second kappa shape index (κ2) is 9.05. The number of anilines is 3. The number of carbonyl (C=O) groups excluding carboxylic acids is 3. The summed E-state index contributed by atoms with van der Waals surface area (Å²) in [6.07, 6.45) is 0. The SMILES string of the molecule is COc1ccc(N2C(=O)C(Cl)=C(Nc3cccc(C(=O)Nc4nc(C)c(C)s4)c3)C2=O)cc1.